The van der Waals surface area contributed by atoms with Crippen LogP contribution in [0.2, 0.25) is 0 Å². The normalized spacial score (nSPS) is 50.1. The van der Waals surface area contributed by atoms with E-state index in [1.165, 1.54) is 25.7 Å². The van der Waals surface area contributed by atoms with Crippen LogP contribution in [0.4, 0.5) is 0 Å². The van der Waals surface area contributed by atoms with Crippen LogP contribution in [0, 0.1) is 29.1 Å². The van der Waals surface area contributed by atoms with Gasteiger partial charge in [-0.2, -0.15) is 0 Å². The van der Waals surface area contributed by atoms with E-state index in [1.54, 1.807) is 0 Å². The van der Waals surface area contributed by atoms with E-state index in [9.17, 15) is 0 Å². The number of rotatable bonds is 1. The van der Waals surface area contributed by atoms with Crippen LogP contribution in [0.3, 0.4) is 0 Å². The molecule has 2 rings (SSSR count). The van der Waals surface area contributed by atoms with Crippen molar-refractivity contribution in [3.8, 4) is 0 Å². The molecule has 0 radical (unpaired) electrons. The summed E-state index contributed by atoms with van der Waals surface area (Å²) in [6.45, 7) is 9.76. The van der Waals surface area contributed by atoms with E-state index in [2.05, 4.69) is 27.7 Å². The lowest BCUT2D eigenvalue weighted by molar-refractivity contribution is 0.203. The fourth-order valence-electron chi connectivity index (χ4n) is 3.77. The molecule has 0 aromatic carbocycles. The molecule has 2 saturated carbocycles. The second-order valence-electron chi connectivity index (χ2n) is 6.31. The lowest BCUT2D eigenvalue weighted by Gasteiger charge is -2.30. The minimum atomic E-state index is 0.676. The second kappa shape index (κ2) is 3.00. The van der Waals surface area contributed by atoms with Crippen molar-refractivity contribution in [3.05, 3.63) is 0 Å². The molecule has 76 valence electrons. The van der Waals surface area contributed by atoms with Crippen molar-refractivity contribution in [2.75, 3.05) is 0 Å². The first kappa shape index (κ1) is 9.55. The molecule has 2 atom stereocenters. The molecule has 13 heavy (non-hydrogen) atoms. The smallest absolute Gasteiger partial charge is 0.0297 e. The Bertz CT molecular complexity index is 178. The minimum Gasteiger partial charge on any atom is -0.0625 e. The highest BCUT2D eigenvalue weighted by molar-refractivity contribution is 4.97. The summed E-state index contributed by atoms with van der Waals surface area (Å²) in [7, 11) is 0. The molecule has 2 fully saturated rings. The molecule has 0 amide bonds. The van der Waals surface area contributed by atoms with Gasteiger partial charge in [0.1, 0.15) is 0 Å². The molecule has 2 unspecified atom stereocenters. The number of fused-ring (bicyclic) bond motifs is 1. The Morgan fingerprint density at radius 3 is 1.92 bits per heavy atom. The maximum atomic E-state index is 2.51. The van der Waals surface area contributed by atoms with Crippen LogP contribution in [-0.2, 0) is 0 Å². The summed E-state index contributed by atoms with van der Waals surface area (Å²) in [6.07, 6.45) is 6.07. The average Bonchev–Trinajstić information content (AvgIpc) is 2.42. The van der Waals surface area contributed by atoms with Crippen molar-refractivity contribution in [3.63, 3.8) is 0 Å². The predicted molar refractivity (Wildman–Crippen MR) is 57.6 cm³/mol. The highest BCUT2D eigenvalue weighted by atomic mass is 14.5. The van der Waals surface area contributed by atoms with Crippen LogP contribution in [0.15, 0.2) is 0 Å². The lowest BCUT2D eigenvalue weighted by atomic mass is 9.75. The fourth-order valence-corrected chi connectivity index (χ4v) is 3.77. The van der Waals surface area contributed by atoms with Crippen molar-refractivity contribution < 1.29 is 0 Å². The summed E-state index contributed by atoms with van der Waals surface area (Å²) in [5, 5.41) is 0. The molecule has 0 saturated heterocycles. The van der Waals surface area contributed by atoms with Crippen molar-refractivity contribution in [2.45, 2.75) is 53.4 Å². The molecule has 2 aliphatic rings. The third-order valence-corrected chi connectivity index (χ3v) is 4.93. The van der Waals surface area contributed by atoms with Crippen LogP contribution in [0.25, 0.3) is 0 Å². The summed E-state index contributed by atoms with van der Waals surface area (Å²) >= 11 is 0. The Morgan fingerprint density at radius 1 is 1.08 bits per heavy atom. The van der Waals surface area contributed by atoms with E-state index in [0.29, 0.717) is 5.41 Å². The molecule has 0 nitrogen and oxygen atoms in total. The molecule has 0 N–H and O–H groups in total. The van der Waals surface area contributed by atoms with Gasteiger partial charge in [0.2, 0.25) is 0 Å². The zero-order valence-corrected chi connectivity index (χ0v) is 9.64. The standard InChI is InChI=1S/C13H24/c1-9(2)13(4)7-11-5-10(3)6-12(11)8-13/h9-12H,5-8H2,1-4H3. The Balaban J connectivity index is 2.04. The molecule has 0 aliphatic heterocycles. The van der Waals surface area contributed by atoms with Crippen LogP contribution < -0.4 is 0 Å². The van der Waals surface area contributed by atoms with E-state index < -0.39 is 0 Å². The average molecular weight is 180 g/mol. The van der Waals surface area contributed by atoms with Crippen LogP contribution in [-0.4, -0.2) is 0 Å². The van der Waals surface area contributed by atoms with Gasteiger partial charge in [0.15, 0.2) is 0 Å². The topological polar surface area (TPSA) is 0 Å². The van der Waals surface area contributed by atoms with Crippen molar-refractivity contribution in [1.82, 2.24) is 0 Å². The first-order valence-electron chi connectivity index (χ1n) is 6.01. The van der Waals surface area contributed by atoms with Gasteiger partial charge in [-0.15, -0.1) is 0 Å². The SMILES string of the molecule is CC1CC2CC(C)(C(C)C)CC2C1. The highest BCUT2D eigenvalue weighted by Crippen LogP contribution is 2.56. The third kappa shape index (κ3) is 1.53. The summed E-state index contributed by atoms with van der Waals surface area (Å²) in [4.78, 5) is 0. The van der Waals surface area contributed by atoms with E-state index in [-0.39, 0.29) is 0 Å². The molecule has 0 heterocycles. The molecule has 0 bridgehead atoms. The Morgan fingerprint density at radius 2 is 1.54 bits per heavy atom. The second-order valence-corrected chi connectivity index (χ2v) is 6.31. The van der Waals surface area contributed by atoms with Gasteiger partial charge in [-0.05, 0) is 54.8 Å². The maximum Gasteiger partial charge on any atom is -0.0297 e. The minimum absolute atomic E-state index is 0.676. The summed E-state index contributed by atoms with van der Waals surface area (Å²) in [6, 6.07) is 0. The molecular formula is C13H24. The summed E-state index contributed by atoms with van der Waals surface area (Å²) in [5.41, 5.74) is 0.676. The fraction of sp³-hybridized carbons (Fsp3) is 1.00. The number of hydrogen-bond donors (Lipinski definition) is 0. The van der Waals surface area contributed by atoms with Crippen molar-refractivity contribution >= 4 is 0 Å². The first-order chi connectivity index (χ1) is 6.01. The first-order valence-corrected chi connectivity index (χ1v) is 6.01. The van der Waals surface area contributed by atoms with Crippen LogP contribution in [0.1, 0.15) is 53.4 Å². The van der Waals surface area contributed by atoms with Crippen molar-refractivity contribution in [1.29, 1.82) is 0 Å². The predicted octanol–water partition coefficient (Wildman–Crippen LogP) is 4.10. The maximum absolute atomic E-state index is 2.51. The third-order valence-electron chi connectivity index (χ3n) is 4.93. The quantitative estimate of drug-likeness (QED) is 0.570. The molecule has 0 aromatic rings. The van der Waals surface area contributed by atoms with Crippen molar-refractivity contribution in [2.24, 2.45) is 29.1 Å². The van der Waals surface area contributed by atoms with E-state index >= 15 is 0 Å². The molecule has 0 aromatic heterocycles. The molecule has 0 spiro atoms. The van der Waals surface area contributed by atoms with E-state index in [0.717, 1.165) is 23.7 Å². The van der Waals surface area contributed by atoms with Gasteiger partial charge < -0.3 is 0 Å². The number of hydrogen-bond acceptors (Lipinski definition) is 0. The van der Waals surface area contributed by atoms with Gasteiger partial charge in [0, 0.05) is 0 Å². The Labute approximate surface area is 83.1 Å². The summed E-state index contributed by atoms with van der Waals surface area (Å²) in [5.74, 6) is 4.07. The monoisotopic (exact) mass is 180 g/mol. The molecular weight excluding hydrogens is 156 g/mol. The van der Waals surface area contributed by atoms with Gasteiger partial charge in [0.25, 0.3) is 0 Å². The van der Waals surface area contributed by atoms with E-state index in [4.69, 9.17) is 0 Å². The van der Waals surface area contributed by atoms with Gasteiger partial charge >= 0.3 is 0 Å². The largest absolute Gasteiger partial charge is 0.0625 e. The van der Waals surface area contributed by atoms with Crippen LogP contribution >= 0.6 is 0 Å². The summed E-state index contributed by atoms with van der Waals surface area (Å²) < 4.78 is 0. The zero-order chi connectivity index (χ0) is 9.64. The van der Waals surface area contributed by atoms with Gasteiger partial charge in [-0.3, -0.25) is 0 Å². The van der Waals surface area contributed by atoms with Gasteiger partial charge in [0.05, 0.1) is 0 Å². The van der Waals surface area contributed by atoms with Gasteiger partial charge in [-0.1, -0.05) is 27.7 Å². The lowest BCUT2D eigenvalue weighted by Crippen LogP contribution is -2.20. The molecule has 2 aliphatic carbocycles. The Kier molecular flexibility index (Phi) is 2.20. The zero-order valence-electron chi connectivity index (χ0n) is 9.64. The Hall–Kier alpha value is 0. The van der Waals surface area contributed by atoms with Crippen LogP contribution in [0.5, 0.6) is 0 Å². The van der Waals surface area contributed by atoms with Gasteiger partial charge in [-0.25, -0.2) is 0 Å². The highest BCUT2D eigenvalue weighted by Gasteiger charge is 2.47. The molecule has 0 heteroatoms. The van der Waals surface area contributed by atoms with E-state index in [1.807, 2.05) is 0 Å².